The molecule has 0 saturated heterocycles. The van der Waals surface area contributed by atoms with Crippen LogP contribution in [0.5, 0.6) is 0 Å². The van der Waals surface area contributed by atoms with E-state index in [2.05, 4.69) is 15.3 Å². The summed E-state index contributed by atoms with van der Waals surface area (Å²) in [6.45, 7) is 2.61. The number of benzene rings is 2. The molecular weight excluding hydrogens is 393 g/mol. The van der Waals surface area contributed by atoms with Crippen LogP contribution < -0.4 is 10.9 Å². The molecule has 0 bridgehead atoms. The maximum absolute atomic E-state index is 13.2. The smallest absolute Gasteiger partial charge is 0.254 e. The minimum atomic E-state index is -0.326. The van der Waals surface area contributed by atoms with Gasteiger partial charge in [0.25, 0.3) is 5.56 Å². The maximum Gasteiger partial charge on any atom is 0.254 e. The number of nitrogens with zero attached hydrogens (tertiary/aromatic N) is 1. The fourth-order valence-corrected chi connectivity index (χ4v) is 4.09. The average Bonchev–Trinajstić information content (AvgIpc) is 2.97. The van der Waals surface area contributed by atoms with Crippen molar-refractivity contribution in [3.8, 4) is 11.4 Å². The van der Waals surface area contributed by atoms with E-state index in [4.69, 9.17) is 0 Å². The van der Waals surface area contributed by atoms with Gasteiger partial charge >= 0.3 is 0 Å². The van der Waals surface area contributed by atoms with Crippen LogP contribution in [0.4, 0.5) is 4.39 Å². The Hall–Kier alpha value is -3.28. The highest BCUT2D eigenvalue weighted by Crippen LogP contribution is 2.23. The highest BCUT2D eigenvalue weighted by Gasteiger charge is 2.21. The Morgan fingerprint density at radius 2 is 1.87 bits per heavy atom. The summed E-state index contributed by atoms with van der Waals surface area (Å²) in [7, 11) is 0. The maximum atomic E-state index is 13.2. The normalized spacial score (nSPS) is 15.7. The number of amides is 1. The van der Waals surface area contributed by atoms with E-state index in [1.165, 1.54) is 12.1 Å². The van der Waals surface area contributed by atoms with Gasteiger partial charge in [-0.05, 0) is 73.9 Å². The first-order chi connectivity index (χ1) is 15.0. The van der Waals surface area contributed by atoms with Crippen molar-refractivity contribution in [2.45, 2.75) is 39.0 Å². The Bertz CT molecular complexity index is 1140. The number of aromatic nitrogens is 2. The van der Waals surface area contributed by atoms with Crippen molar-refractivity contribution in [3.05, 3.63) is 87.1 Å². The quantitative estimate of drug-likeness (QED) is 0.619. The summed E-state index contributed by atoms with van der Waals surface area (Å²) < 4.78 is 13.2. The minimum absolute atomic E-state index is 0.0191. The number of aryl methyl sites for hydroxylation is 2. The molecule has 5 nitrogen and oxygen atoms in total. The van der Waals surface area contributed by atoms with Gasteiger partial charge in [0.1, 0.15) is 11.6 Å². The van der Waals surface area contributed by atoms with Crippen LogP contribution in [0.15, 0.2) is 53.3 Å². The van der Waals surface area contributed by atoms with Gasteiger partial charge in [-0.15, -0.1) is 0 Å². The molecule has 0 radical (unpaired) electrons. The Balaban J connectivity index is 1.39. The standard InChI is InChI=1S/C25H26FN3O2/c1-16-4-2-3-5-19(16)14-23(30)27-15-17-6-12-21-22(13-7-17)28-24(29-25(21)31)18-8-10-20(26)11-9-18/h2-5,8-11,17H,6-7,12-15H2,1H3,(H,27,30)(H,28,29,31). The lowest BCUT2D eigenvalue weighted by molar-refractivity contribution is -0.120. The number of nitrogens with one attached hydrogen (secondary N) is 2. The van der Waals surface area contributed by atoms with Crippen LogP contribution >= 0.6 is 0 Å². The molecule has 0 fully saturated rings. The van der Waals surface area contributed by atoms with Crippen LogP contribution in [0.3, 0.4) is 0 Å². The highest BCUT2D eigenvalue weighted by atomic mass is 19.1. The molecule has 0 aliphatic heterocycles. The summed E-state index contributed by atoms with van der Waals surface area (Å²) >= 11 is 0. The molecule has 4 rings (SSSR count). The van der Waals surface area contributed by atoms with E-state index in [0.717, 1.165) is 35.2 Å². The number of halogens is 1. The monoisotopic (exact) mass is 419 g/mol. The van der Waals surface area contributed by atoms with Gasteiger partial charge in [0.15, 0.2) is 0 Å². The van der Waals surface area contributed by atoms with Crippen molar-refractivity contribution in [1.82, 2.24) is 15.3 Å². The van der Waals surface area contributed by atoms with Gasteiger partial charge in [0.05, 0.1) is 12.1 Å². The average molecular weight is 420 g/mol. The fourth-order valence-electron chi connectivity index (χ4n) is 4.09. The van der Waals surface area contributed by atoms with Crippen molar-refractivity contribution in [3.63, 3.8) is 0 Å². The molecule has 0 spiro atoms. The zero-order chi connectivity index (χ0) is 21.8. The zero-order valence-electron chi connectivity index (χ0n) is 17.6. The summed E-state index contributed by atoms with van der Waals surface area (Å²) in [6, 6.07) is 13.9. The van der Waals surface area contributed by atoms with Gasteiger partial charge in [0, 0.05) is 17.7 Å². The molecule has 1 unspecified atom stereocenters. The van der Waals surface area contributed by atoms with E-state index >= 15 is 0 Å². The van der Waals surface area contributed by atoms with Crippen LogP contribution in [-0.2, 0) is 24.1 Å². The Kier molecular flexibility index (Phi) is 6.26. The largest absolute Gasteiger partial charge is 0.356 e. The lowest BCUT2D eigenvalue weighted by Crippen LogP contribution is -2.31. The second-order valence-corrected chi connectivity index (χ2v) is 8.20. The Morgan fingerprint density at radius 1 is 1.13 bits per heavy atom. The summed E-state index contributed by atoms with van der Waals surface area (Å²) in [4.78, 5) is 32.5. The van der Waals surface area contributed by atoms with Gasteiger partial charge in [-0.3, -0.25) is 9.59 Å². The molecule has 1 aliphatic carbocycles. The summed E-state index contributed by atoms with van der Waals surface area (Å²) in [5, 5.41) is 3.06. The number of carbonyl (C=O) groups is 1. The number of H-pyrrole nitrogens is 1. The topological polar surface area (TPSA) is 74.8 Å². The van der Waals surface area contributed by atoms with Crippen LogP contribution in [0.2, 0.25) is 0 Å². The SMILES string of the molecule is Cc1ccccc1CC(=O)NCC1CCc2nc(-c3ccc(F)cc3)[nH]c(=O)c2CC1. The van der Waals surface area contributed by atoms with Crippen LogP contribution in [-0.4, -0.2) is 22.4 Å². The molecular formula is C25H26FN3O2. The molecule has 160 valence electrons. The molecule has 31 heavy (non-hydrogen) atoms. The second kappa shape index (κ2) is 9.25. The molecule has 3 aromatic rings. The molecule has 1 atom stereocenters. The molecule has 1 aliphatic rings. The fraction of sp³-hybridized carbons (Fsp3) is 0.320. The molecule has 1 amide bonds. The molecule has 6 heteroatoms. The summed E-state index contributed by atoms with van der Waals surface area (Å²) in [5.74, 6) is 0.455. The van der Waals surface area contributed by atoms with Gasteiger partial charge in [-0.25, -0.2) is 9.37 Å². The van der Waals surface area contributed by atoms with E-state index < -0.39 is 0 Å². The van der Waals surface area contributed by atoms with Crippen molar-refractivity contribution in [1.29, 1.82) is 0 Å². The third-order valence-electron chi connectivity index (χ3n) is 6.01. The van der Waals surface area contributed by atoms with Crippen LogP contribution in [0.25, 0.3) is 11.4 Å². The molecule has 2 N–H and O–H groups in total. The highest BCUT2D eigenvalue weighted by molar-refractivity contribution is 5.78. The van der Waals surface area contributed by atoms with Gasteiger partial charge in [-0.2, -0.15) is 0 Å². The van der Waals surface area contributed by atoms with Crippen LogP contribution in [0.1, 0.15) is 35.2 Å². The first-order valence-corrected chi connectivity index (χ1v) is 10.7. The van der Waals surface area contributed by atoms with E-state index in [0.29, 0.717) is 43.1 Å². The first-order valence-electron chi connectivity index (χ1n) is 10.7. The van der Waals surface area contributed by atoms with Crippen LogP contribution in [0, 0.1) is 18.7 Å². The number of rotatable bonds is 5. The van der Waals surface area contributed by atoms with Gasteiger partial charge < -0.3 is 10.3 Å². The van der Waals surface area contributed by atoms with Crippen molar-refractivity contribution < 1.29 is 9.18 Å². The molecule has 1 aromatic heterocycles. The first kappa shape index (κ1) is 21.0. The number of aromatic amines is 1. The predicted molar refractivity (Wildman–Crippen MR) is 118 cm³/mol. The van der Waals surface area contributed by atoms with Gasteiger partial charge in [-0.1, -0.05) is 24.3 Å². The third kappa shape index (κ3) is 5.08. The second-order valence-electron chi connectivity index (χ2n) is 8.20. The van der Waals surface area contributed by atoms with Crippen molar-refractivity contribution >= 4 is 5.91 Å². The Morgan fingerprint density at radius 3 is 2.65 bits per heavy atom. The number of fused-ring (bicyclic) bond motifs is 1. The van der Waals surface area contributed by atoms with Crippen molar-refractivity contribution in [2.24, 2.45) is 5.92 Å². The van der Waals surface area contributed by atoms with E-state index in [1.54, 1.807) is 12.1 Å². The number of hydrogen-bond acceptors (Lipinski definition) is 3. The van der Waals surface area contributed by atoms with Gasteiger partial charge in [0.2, 0.25) is 5.91 Å². The summed E-state index contributed by atoms with van der Waals surface area (Å²) in [5.41, 5.74) is 4.23. The third-order valence-corrected chi connectivity index (χ3v) is 6.01. The van der Waals surface area contributed by atoms with E-state index in [1.807, 2.05) is 31.2 Å². The predicted octanol–water partition coefficient (Wildman–Crippen LogP) is 3.74. The number of carbonyl (C=O) groups excluding carboxylic acids is 1. The van der Waals surface area contributed by atoms with E-state index in [-0.39, 0.29) is 17.3 Å². The lowest BCUT2D eigenvalue weighted by atomic mass is 9.99. The summed E-state index contributed by atoms with van der Waals surface area (Å²) in [6.07, 6.45) is 3.39. The van der Waals surface area contributed by atoms with Crippen molar-refractivity contribution in [2.75, 3.05) is 6.54 Å². The zero-order valence-corrected chi connectivity index (χ0v) is 17.6. The molecule has 0 saturated carbocycles. The van der Waals surface area contributed by atoms with E-state index in [9.17, 15) is 14.0 Å². The number of hydrogen-bond donors (Lipinski definition) is 2. The minimum Gasteiger partial charge on any atom is -0.356 e. The lowest BCUT2D eigenvalue weighted by Gasteiger charge is -2.15. The Labute approximate surface area is 180 Å². The molecule has 2 aromatic carbocycles. The molecule has 1 heterocycles.